The Balaban J connectivity index is 2.89. The van der Waals surface area contributed by atoms with Gasteiger partial charge in [-0.1, -0.05) is 0 Å². The standard InChI is InChI=1S/C10H9F3N2O4/c11-10(12,13)3-4-14-8-2-1-6(15(18)19)5-7(8)9(16)17/h1-2,5,14H,3-4H2,(H,16,17). The molecule has 1 rings (SSSR count). The summed E-state index contributed by atoms with van der Waals surface area (Å²) in [7, 11) is 0. The summed E-state index contributed by atoms with van der Waals surface area (Å²) in [5.74, 6) is -1.46. The van der Waals surface area contributed by atoms with Crippen molar-refractivity contribution in [2.45, 2.75) is 12.6 Å². The molecule has 1 aromatic carbocycles. The highest BCUT2D eigenvalue weighted by Gasteiger charge is 2.26. The minimum atomic E-state index is -4.36. The molecule has 0 aromatic heterocycles. The van der Waals surface area contributed by atoms with Crippen LogP contribution in [0, 0.1) is 10.1 Å². The van der Waals surface area contributed by atoms with E-state index in [1.807, 2.05) is 0 Å². The molecule has 19 heavy (non-hydrogen) atoms. The molecule has 0 heterocycles. The van der Waals surface area contributed by atoms with Crippen LogP contribution in [0.1, 0.15) is 16.8 Å². The van der Waals surface area contributed by atoms with Crippen molar-refractivity contribution in [1.29, 1.82) is 0 Å². The van der Waals surface area contributed by atoms with Crippen molar-refractivity contribution in [1.82, 2.24) is 0 Å². The Bertz CT molecular complexity index is 502. The lowest BCUT2D eigenvalue weighted by atomic mass is 10.1. The van der Waals surface area contributed by atoms with Crippen molar-refractivity contribution in [3.05, 3.63) is 33.9 Å². The Morgan fingerprint density at radius 3 is 2.53 bits per heavy atom. The van der Waals surface area contributed by atoms with Crippen LogP contribution in [0.3, 0.4) is 0 Å². The molecule has 0 amide bonds. The van der Waals surface area contributed by atoms with Gasteiger partial charge in [-0.05, 0) is 6.07 Å². The number of rotatable bonds is 5. The van der Waals surface area contributed by atoms with Gasteiger partial charge in [0.05, 0.1) is 16.9 Å². The number of aromatic carboxylic acids is 1. The van der Waals surface area contributed by atoms with Crippen molar-refractivity contribution >= 4 is 17.3 Å². The average molecular weight is 278 g/mol. The van der Waals surface area contributed by atoms with Gasteiger partial charge in [0.25, 0.3) is 5.69 Å². The third-order valence-corrected chi connectivity index (χ3v) is 2.17. The summed E-state index contributed by atoms with van der Waals surface area (Å²) >= 11 is 0. The second-order valence-electron chi connectivity index (χ2n) is 3.58. The van der Waals surface area contributed by atoms with E-state index in [2.05, 4.69) is 5.32 Å². The Kier molecular flexibility index (Phi) is 4.30. The van der Waals surface area contributed by atoms with Crippen LogP contribution in [0.5, 0.6) is 0 Å². The lowest BCUT2D eigenvalue weighted by Gasteiger charge is -2.10. The van der Waals surface area contributed by atoms with Crippen LogP contribution in [0.15, 0.2) is 18.2 Å². The SMILES string of the molecule is O=C(O)c1cc([N+](=O)[O-])ccc1NCCC(F)(F)F. The third kappa shape index (κ3) is 4.45. The van der Waals surface area contributed by atoms with Gasteiger partial charge in [-0.25, -0.2) is 4.79 Å². The second kappa shape index (κ2) is 5.55. The van der Waals surface area contributed by atoms with E-state index >= 15 is 0 Å². The van der Waals surface area contributed by atoms with Crippen LogP contribution in [0.25, 0.3) is 0 Å². The van der Waals surface area contributed by atoms with E-state index in [1.165, 1.54) is 0 Å². The molecule has 0 aliphatic rings. The molecular formula is C10H9F3N2O4. The number of halogens is 3. The summed E-state index contributed by atoms with van der Waals surface area (Å²) in [5, 5.41) is 21.6. The fraction of sp³-hybridized carbons (Fsp3) is 0.300. The van der Waals surface area contributed by atoms with Crippen LogP contribution >= 0.6 is 0 Å². The monoisotopic (exact) mass is 278 g/mol. The predicted molar refractivity (Wildman–Crippen MR) is 59.2 cm³/mol. The van der Waals surface area contributed by atoms with Gasteiger partial charge in [-0.15, -0.1) is 0 Å². The van der Waals surface area contributed by atoms with Crippen molar-refractivity contribution in [2.24, 2.45) is 0 Å². The first kappa shape index (κ1) is 14.7. The van der Waals surface area contributed by atoms with Gasteiger partial charge < -0.3 is 10.4 Å². The summed E-state index contributed by atoms with van der Waals surface area (Å²) in [6, 6.07) is 2.87. The van der Waals surface area contributed by atoms with Crippen molar-refractivity contribution in [3.8, 4) is 0 Å². The highest BCUT2D eigenvalue weighted by atomic mass is 19.4. The molecule has 0 fully saturated rings. The molecule has 0 unspecified atom stereocenters. The molecule has 2 N–H and O–H groups in total. The number of alkyl halides is 3. The maximum Gasteiger partial charge on any atom is 0.390 e. The first-order valence-electron chi connectivity index (χ1n) is 5.03. The molecule has 9 heteroatoms. The van der Waals surface area contributed by atoms with Crippen LogP contribution in [-0.2, 0) is 0 Å². The highest BCUT2D eigenvalue weighted by Crippen LogP contribution is 2.24. The number of carboxylic acid groups (broad SMARTS) is 1. The zero-order valence-corrected chi connectivity index (χ0v) is 9.40. The van der Waals surface area contributed by atoms with Crippen molar-refractivity contribution in [3.63, 3.8) is 0 Å². The normalized spacial score (nSPS) is 11.1. The van der Waals surface area contributed by atoms with E-state index in [0.29, 0.717) is 0 Å². The van der Waals surface area contributed by atoms with E-state index < -0.39 is 41.3 Å². The molecule has 0 saturated heterocycles. The topological polar surface area (TPSA) is 92.5 Å². The average Bonchev–Trinajstić information content (AvgIpc) is 2.27. The molecule has 6 nitrogen and oxygen atoms in total. The van der Waals surface area contributed by atoms with E-state index in [4.69, 9.17) is 5.11 Å². The van der Waals surface area contributed by atoms with Crippen molar-refractivity contribution in [2.75, 3.05) is 11.9 Å². The largest absolute Gasteiger partial charge is 0.478 e. The smallest absolute Gasteiger partial charge is 0.390 e. The Hall–Kier alpha value is -2.32. The minimum Gasteiger partial charge on any atom is -0.478 e. The maximum absolute atomic E-state index is 11.9. The number of hydrogen-bond acceptors (Lipinski definition) is 4. The number of carbonyl (C=O) groups is 1. The van der Waals surface area contributed by atoms with Gasteiger partial charge in [0.2, 0.25) is 0 Å². The zero-order chi connectivity index (χ0) is 14.6. The molecular weight excluding hydrogens is 269 g/mol. The molecule has 0 bridgehead atoms. The lowest BCUT2D eigenvalue weighted by Crippen LogP contribution is -2.16. The number of nitro groups is 1. The summed E-state index contributed by atoms with van der Waals surface area (Å²) in [6.45, 7) is -0.512. The van der Waals surface area contributed by atoms with Gasteiger partial charge in [-0.2, -0.15) is 13.2 Å². The number of nitrogens with zero attached hydrogens (tertiary/aromatic N) is 1. The van der Waals surface area contributed by atoms with Crippen LogP contribution < -0.4 is 5.32 Å². The predicted octanol–water partition coefficient (Wildman–Crippen LogP) is 2.66. The number of benzene rings is 1. The molecule has 104 valence electrons. The molecule has 0 spiro atoms. The van der Waals surface area contributed by atoms with Crippen molar-refractivity contribution < 1.29 is 28.0 Å². The van der Waals surface area contributed by atoms with Gasteiger partial charge >= 0.3 is 12.1 Å². The molecule has 0 aliphatic heterocycles. The van der Waals surface area contributed by atoms with Crippen LogP contribution in [0.2, 0.25) is 0 Å². The zero-order valence-electron chi connectivity index (χ0n) is 9.40. The lowest BCUT2D eigenvalue weighted by molar-refractivity contribution is -0.384. The van der Waals surface area contributed by atoms with Gasteiger partial charge in [0.1, 0.15) is 0 Å². The van der Waals surface area contributed by atoms with E-state index in [1.54, 1.807) is 0 Å². The van der Waals surface area contributed by atoms with Gasteiger partial charge in [0, 0.05) is 24.4 Å². The number of nitrogens with one attached hydrogen (secondary N) is 1. The summed E-state index contributed by atoms with van der Waals surface area (Å²) in [5.41, 5.74) is -0.988. The number of nitro benzene ring substituents is 1. The van der Waals surface area contributed by atoms with E-state index in [-0.39, 0.29) is 5.69 Å². The molecule has 0 aliphatic carbocycles. The quantitative estimate of drug-likeness (QED) is 0.638. The van der Waals surface area contributed by atoms with Crippen LogP contribution in [0.4, 0.5) is 24.5 Å². The summed E-state index contributed by atoms with van der Waals surface area (Å²) in [6.07, 6.45) is -5.50. The Labute approximate surface area is 105 Å². The van der Waals surface area contributed by atoms with Crippen LogP contribution in [-0.4, -0.2) is 28.7 Å². The fourth-order valence-electron chi connectivity index (χ4n) is 1.32. The second-order valence-corrected chi connectivity index (χ2v) is 3.58. The highest BCUT2D eigenvalue weighted by molar-refractivity contribution is 5.95. The summed E-state index contributed by atoms with van der Waals surface area (Å²) < 4.78 is 35.8. The first-order valence-corrected chi connectivity index (χ1v) is 5.03. The molecule has 0 atom stereocenters. The molecule has 0 radical (unpaired) electrons. The van der Waals surface area contributed by atoms with E-state index in [9.17, 15) is 28.1 Å². The third-order valence-electron chi connectivity index (χ3n) is 2.17. The minimum absolute atomic E-state index is 0.0950. The van der Waals surface area contributed by atoms with Gasteiger partial charge in [-0.3, -0.25) is 10.1 Å². The maximum atomic E-state index is 11.9. The molecule has 1 aromatic rings. The number of carboxylic acids is 1. The number of hydrogen-bond donors (Lipinski definition) is 2. The number of anilines is 1. The summed E-state index contributed by atoms with van der Waals surface area (Å²) in [4.78, 5) is 20.6. The van der Waals surface area contributed by atoms with E-state index in [0.717, 1.165) is 18.2 Å². The fourth-order valence-corrected chi connectivity index (χ4v) is 1.32. The molecule has 0 saturated carbocycles. The Morgan fingerprint density at radius 1 is 1.42 bits per heavy atom. The van der Waals surface area contributed by atoms with Gasteiger partial charge in [0.15, 0.2) is 0 Å². The first-order chi connectivity index (χ1) is 8.70. The Morgan fingerprint density at radius 2 is 2.05 bits per heavy atom. The number of non-ortho nitro benzene ring substituents is 1.